The van der Waals surface area contributed by atoms with Gasteiger partial charge in [-0.3, -0.25) is 0 Å². The zero-order chi connectivity index (χ0) is 17.4. The van der Waals surface area contributed by atoms with Crippen molar-refractivity contribution in [2.24, 2.45) is 0 Å². The fraction of sp³-hybridized carbons (Fsp3) is 0.529. The zero-order valence-corrected chi connectivity index (χ0v) is 16.5. The Kier molecular flexibility index (Phi) is 4.16. The molecular weight excluding hydrogens is 379 g/mol. The third-order valence-electron chi connectivity index (χ3n) is 5.17. The van der Waals surface area contributed by atoms with Crippen LogP contribution in [0.4, 0.5) is 5.82 Å². The Balaban J connectivity index is 1.54. The molecule has 3 heterocycles. The number of nitrogens with zero attached hydrogens (tertiary/aromatic N) is 5. The third-order valence-corrected chi connectivity index (χ3v) is 5.71. The Morgan fingerprint density at radius 3 is 3.00 bits per heavy atom. The molecule has 1 aliphatic carbocycles. The van der Waals surface area contributed by atoms with Gasteiger partial charge >= 0.3 is 149 Å². The number of H-pyrrole nitrogens is 1. The summed E-state index contributed by atoms with van der Waals surface area (Å²) in [6, 6.07) is 4.14. The topological polar surface area (TPSA) is 88.9 Å². The average molecular weight is 400 g/mol. The molecule has 7 nitrogen and oxygen atoms in total. The number of nitrogens with one attached hydrogen (secondary N) is 1. The molecule has 2 aromatic heterocycles. The molecule has 1 spiro atoms. The van der Waals surface area contributed by atoms with Crippen molar-refractivity contribution in [3.05, 3.63) is 12.3 Å². The van der Waals surface area contributed by atoms with E-state index in [-0.39, 0.29) is 11.4 Å². The van der Waals surface area contributed by atoms with Crippen molar-refractivity contribution in [1.82, 2.24) is 19.9 Å². The first-order chi connectivity index (χ1) is 12.1. The Morgan fingerprint density at radius 2 is 2.24 bits per heavy atom. The molecule has 1 N–H and O–H groups in total. The van der Waals surface area contributed by atoms with Gasteiger partial charge in [-0.2, -0.15) is 5.26 Å². The van der Waals surface area contributed by atoms with E-state index in [0.29, 0.717) is 19.3 Å². The van der Waals surface area contributed by atoms with Crippen molar-refractivity contribution >= 4 is 44.2 Å². The van der Waals surface area contributed by atoms with E-state index >= 15 is 0 Å². The minimum absolute atomic E-state index is 0.0331. The van der Waals surface area contributed by atoms with E-state index in [1.54, 1.807) is 0 Å². The van der Waals surface area contributed by atoms with Gasteiger partial charge in [0.1, 0.15) is 0 Å². The van der Waals surface area contributed by atoms with E-state index in [0.717, 1.165) is 53.9 Å². The molecule has 1 aliphatic heterocycles. The second kappa shape index (κ2) is 6.34. The van der Waals surface area contributed by atoms with Crippen LogP contribution < -0.4 is 9.51 Å². The number of piperazine rings is 1. The van der Waals surface area contributed by atoms with Crippen LogP contribution in [-0.2, 0) is 4.79 Å². The number of amides is 1. The van der Waals surface area contributed by atoms with Crippen molar-refractivity contribution in [2.75, 3.05) is 24.5 Å². The summed E-state index contributed by atoms with van der Waals surface area (Å²) >= 11 is 1.41. The first kappa shape index (κ1) is 16.4. The summed E-state index contributed by atoms with van der Waals surface area (Å²) in [5.41, 5.74) is 0.846. The number of carbonyl (C=O) groups excluding carboxylic acids is 1. The fourth-order valence-corrected chi connectivity index (χ4v) is 4.28. The van der Waals surface area contributed by atoms with Gasteiger partial charge in [0, 0.05) is 0 Å². The van der Waals surface area contributed by atoms with Gasteiger partial charge in [0.25, 0.3) is 0 Å². The second-order valence-corrected chi connectivity index (χ2v) is 7.93. The monoisotopic (exact) mass is 400 g/mol. The van der Waals surface area contributed by atoms with E-state index < -0.39 is 0 Å². The van der Waals surface area contributed by atoms with Crippen LogP contribution in [0, 0.1) is 11.3 Å². The average Bonchev–Trinajstić information content (AvgIpc) is 3.18. The van der Waals surface area contributed by atoms with E-state index in [1.807, 2.05) is 12.3 Å². The fourth-order valence-electron chi connectivity index (χ4n) is 3.76. The molecule has 0 radical (unpaired) electrons. The Morgan fingerprint density at radius 1 is 1.40 bits per heavy atom. The van der Waals surface area contributed by atoms with Crippen LogP contribution in [0.15, 0.2) is 12.3 Å². The number of rotatable bonds is 4. The quantitative estimate of drug-likeness (QED) is 0.581. The van der Waals surface area contributed by atoms with Crippen LogP contribution in [0.3, 0.4) is 0 Å². The normalized spacial score (nSPS) is 18.6. The molecule has 1 unspecified atom stereocenters. The van der Waals surface area contributed by atoms with Gasteiger partial charge in [0.15, 0.2) is 0 Å². The SMILES string of the molecule is N#CCCCC(=O)N1CCN(c2nc([AsH2])nc3[nH]ccc23)CC12CC2. The molecule has 2 fully saturated rings. The first-order valence-corrected chi connectivity index (χ1v) is 9.87. The van der Waals surface area contributed by atoms with E-state index in [4.69, 9.17) is 10.2 Å². The number of fused-ring (bicyclic) bond motifs is 1. The molecule has 25 heavy (non-hydrogen) atoms. The Labute approximate surface area is 154 Å². The number of anilines is 1. The van der Waals surface area contributed by atoms with Gasteiger partial charge in [-0.25, -0.2) is 0 Å². The molecule has 0 bridgehead atoms. The van der Waals surface area contributed by atoms with Crippen LogP contribution in [0.25, 0.3) is 11.0 Å². The van der Waals surface area contributed by atoms with Gasteiger partial charge in [-0.15, -0.1) is 0 Å². The van der Waals surface area contributed by atoms with Crippen LogP contribution in [0.5, 0.6) is 0 Å². The van der Waals surface area contributed by atoms with Crippen molar-refractivity contribution in [3.63, 3.8) is 0 Å². The van der Waals surface area contributed by atoms with Crippen LogP contribution in [-0.4, -0.2) is 67.8 Å². The van der Waals surface area contributed by atoms with Crippen LogP contribution in [0.2, 0.25) is 0 Å². The zero-order valence-electron chi connectivity index (χ0n) is 14.0. The predicted molar refractivity (Wildman–Crippen MR) is 97.4 cm³/mol. The predicted octanol–water partition coefficient (Wildman–Crippen LogP) is 0.0914. The summed E-state index contributed by atoms with van der Waals surface area (Å²) < 4.78 is 0.817. The summed E-state index contributed by atoms with van der Waals surface area (Å²) in [6.07, 6.45) is 5.59. The number of hydrogen-bond acceptors (Lipinski definition) is 5. The number of aromatic nitrogens is 3. The second-order valence-electron chi connectivity index (χ2n) is 6.85. The molecule has 130 valence electrons. The molecule has 1 saturated heterocycles. The summed E-state index contributed by atoms with van der Waals surface area (Å²) in [6.45, 7) is 2.35. The van der Waals surface area contributed by atoms with Crippen molar-refractivity contribution in [1.29, 1.82) is 5.26 Å². The van der Waals surface area contributed by atoms with Crippen LogP contribution >= 0.6 is 0 Å². The van der Waals surface area contributed by atoms with Gasteiger partial charge in [0.2, 0.25) is 0 Å². The molecule has 1 saturated carbocycles. The minimum atomic E-state index is -0.0331. The molecule has 1 atom stereocenters. The molecular formula is C17H21AsN6O. The van der Waals surface area contributed by atoms with Gasteiger partial charge in [-0.1, -0.05) is 0 Å². The van der Waals surface area contributed by atoms with Gasteiger partial charge in [-0.05, 0) is 0 Å². The summed E-state index contributed by atoms with van der Waals surface area (Å²) in [5, 5.41) is 9.71. The number of aromatic amines is 1. The number of nitriles is 1. The molecule has 2 aliphatic rings. The number of hydrogen-bond donors (Lipinski definition) is 1. The first-order valence-electron chi connectivity index (χ1n) is 8.66. The molecule has 0 aromatic carbocycles. The third kappa shape index (κ3) is 3.00. The summed E-state index contributed by atoms with van der Waals surface area (Å²) in [5.74, 6) is 1.18. The molecule has 2 aromatic rings. The van der Waals surface area contributed by atoms with E-state index in [2.05, 4.69) is 25.8 Å². The number of unbranched alkanes of at least 4 members (excludes halogenated alkanes) is 1. The molecule has 4 rings (SSSR count). The molecule has 8 heteroatoms. The summed E-state index contributed by atoms with van der Waals surface area (Å²) in [4.78, 5) is 29.3. The maximum atomic E-state index is 12.6. The van der Waals surface area contributed by atoms with E-state index in [1.165, 1.54) is 16.9 Å². The Hall–Kier alpha value is -2.06. The maximum absolute atomic E-state index is 12.6. The van der Waals surface area contributed by atoms with E-state index in [9.17, 15) is 4.79 Å². The Bertz CT molecular complexity index is 852. The van der Waals surface area contributed by atoms with Gasteiger partial charge in [0.05, 0.1) is 0 Å². The van der Waals surface area contributed by atoms with Crippen molar-refractivity contribution < 1.29 is 4.79 Å². The molecule has 1 amide bonds. The standard InChI is InChI=1S/C17H21AsN6O/c18-16-21-14-12(4-8-20-14)15(22-16)23-9-10-24(17(11-23)5-6-17)13(25)3-1-2-7-19/h4,8H,1-3,5-6,9-11,18H2,(H,20,21,22). The number of carbonyl (C=O) groups is 1. The summed E-state index contributed by atoms with van der Waals surface area (Å²) in [7, 11) is 0. The van der Waals surface area contributed by atoms with Crippen molar-refractivity contribution in [3.8, 4) is 6.07 Å². The van der Waals surface area contributed by atoms with Crippen molar-refractivity contribution in [2.45, 2.75) is 37.6 Å². The van der Waals surface area contributed by atoms with Gasteiger partial charge < -0.3 is 0 Å². The van der Waals surface area contributed by atoms with Crippen LogP contribution in [0.1, 0.15) is 32.1 Å².